The molecule has 0 fully saturated rings. The number of carbonyl (C=O) groups is 2. The minimum Gasteiger partial charge on any atom is -0.322 e. The number of amides is 2. The fourth-order valence-corrected chi connectivity index (χ4v) is 2.78. The third-order valence-electron chi connectivity index (χ3n) is 4.29. The van der Waals surface area contributed by atoms with Crippen molar-refractivity contribution in [1.29, 1.82) is 0 Å². The van der Waals surface area contributed by atoms with E-state index in [1.54, 1.807) is 36.7 Å². The summed E-state index contributed by atoms with van der Waals surface area (Å²) in [5, 5.41) is 5.77. The predicted octanol–water partition coefficient (Wildman–Crippen LogP) is 4.46. The number of aryl methyl sites for hydroxylation is 2. The van der Waals surface area contributed by atoms with Crippen LogP contribution in [0.15, 0.2) is 67.0 Å². The van der Waals surface area contributed by atoms with Gasteiger partial charge in [-0.3, -0.25) is 14.6 Å². The van der Waals surface area contributed by atoms with E-state index in [-0.39, 0.29) is 11.8 Å². The Balaban J connectivity index is 1.86. The minimum absolute atomic E-state index is 0.267. The molecular weight excluding hydrogens is 338 g/mol. The number of benzene rings is 2. The van der Waals surface area contributed by atoms with E-state index in [1.807, 2.05) is 37.3 Å². The second-order valence-electron chi connectivity index (χ2n) is 6.20. The van der Waals surface area contributed by atoms with Crippen molar-refractivity contribution < 1.29 is 9.59 Å². The van der Waals surface area contributed by atoms with Crippen LogP contribution in [0.3, 0.4) is 0 Å². The van der Waals surface area contributed by atoms with Crippen LogP contribution in [0.1, 0.15) is 38.8 Å². The molecule has 2 aromatic carbocycles. The molecular formula is C22H21N3O2. The number of aromatic nitrogens is 1. The average molecular weight is 359 g/mol. The van der Waals surface area contributed by atoms with Crippen LogP contribution in [0.25, 0.3) is 0 Å². The van der Waals surface area contributed by atoms with Crippen LogP contribution in [-0.2, 0) is 6.42 Å². The maximum atomic E-state index is 12.8. The summed E-state index contributed by atoms with van der Waals surface area (Å²) in [4.78, 5) is 29.3. The molecule has 0 saturated heterocycles. The van der Waals surface area contributed by atoms with Crippen molar-refractivity contribution in [2.24, 2.45) is 0 Å². The highest BCUT2D eigenvalue weighted by Crippen LogP contribution is 2.23. The van der Waals surface area contributed by atoms with Gasteiger partial charge in [-0.05, 0) is 54.8 Å². The van der Waals surface area contributed by atoms with E-state index in [1.165, 1.54) is 0 Å². The van der Waals surface area contributed by atoms with Gasteiger partial charge in [-0.1, -0.05) is 31.2 Å². The highest BCUT2D eigenvalue weighted by atomic mass is 16.2. The molecule has 136 valence electrons. The van der Waals surface area contributed by atoms with Crippen molar-refractivity contribution in [3.63, 3.8) is 0 Å². The van der Waals surface area contributed by atoms with Gasteiger partial charge in [-0.25, -0.2) is 0 Å². The summed E-state index contributed by atoms with van der Waals surface area (Å²) in [5.41, 5.74) is 4.08. The Morgan fingerprint density at radius 1 is 0.926 bits per heavy atom. The highest BCUT2D eigenvalue weighted by Gasteiger charge is 2.16. The van der Waals surface area contributed by atoms with Gasteiger partial charge in [0.2, 0.25) is 0 Å². The predicted molar refractivity (Wildman–Crippen MR) is 107 cm³/mol. The number of hydrogen-bond acceptors (Lipinski definition) is 3. The van der Waals surface area contributed by atoms with Crippen molar-refractivity contribution >= 4 is 23.2 Å². The number of nitrogens with zero attached hydrogens (tertiary/aromatic N) is 1. The molecule has 27 heavy (non-hydrogen) atoms. The molecule has 0 radical (unpaired) electrons. The molecule has 0 bridgehead atoms. The van der Waals surface area contributed by atoms with Crippen molar-refractivity contribution in [1.82, 2.24) is 4.98 Å². The molecule has 5 nitrogen and oxygen atoms in total. The van der Waals surface area contributed by atoms with E-state index in [2.05, 4.69) is 22.5 Å². The van der Waals surface area contributed by atoms with Crippen LogP contribution in [0.2, 0.25) is 0 Å². The lowest BCUT2D eigenvalue weighted by molar-refractivity contribution is 0.102. The lowest BCUT2D eigenvalue weighted by Gasteiger charge is -2.14. The first-order valence-corrected chi connectivity index (χ1v) is 8.79. The van der Waals surface area contributed by atoms with Gasteiger partial charge in [0, 0.05) is 23.6 Å². The Bertz CT molecular complexity index is 968. The second kappa shape index (κ2) is 8.27. The fourth-order valence-electron chi connectivity index (χ4n) is 2.78. The van der Waals surface area contributed by atoms with Crippen molar-refractivity contribution in [2.45, 2.75) is 20.3 Å². The van der Waals surface area contributed by atoms with Crippen molar-refractivity contribution in [3.05, 3.63) is 89.2 Å². The zero-order valence-electron chi connectivity index (χ0n) is 15.3. The van der Waals surface area contributed by atoms with E-state index >= 15 is 0 Å². The molecule has 2 N–H and O–H groups in total. The first-order chi connectivity index (χ1) is 13.1. The third-order valence-corrected chi connectivity index (χ3v) is 4.29. The number of carbonyl (C=O) groups excluding carboxylic acids is 2. The molecule has 0 atom stereocenters. The topological polar surface area (TPSA) is 71.1 Å². The zero-order valence-corrected chi connectivity index (χ0v) is 15.3. The van der Waals surface area contributed by atoms with Crippen LogP contribution in [0.5, 0.6) is 0 Å². The average Bonchev–Trinajstić information content (AvgIpc) is 2.70. The minimum atomic E-state index is -0.284. The molecule has 1 aromatic heterocycles. The summed E-state index contributed by atoms with van der Waals surface area (Å²) in [6.45, 7) is 3.92. The summed E-state index contributed by atoms with van der Waals surface area (Å²) in [5.74, 6) is -0.550. The lowest BCUT2D eigenvalue weighted by atomic mass is 10.1. The molecule has 0 aliphatic heterocycles. The number of anilines is 2. The van der Waals surface area contributed by atoms with Crippen LogP contribution in [-0.4, -0.2) is 16.8 Å². The maximum absolute atomic E-state index is 12.8. The Labute approximate surface area is 158 Å². The number of rotatable bonds is 5. The molecule has 0 saturated carbocycles. The Morgan fingerprint density at radius 2 is 1.67 bits per heavy atom. The quantitative estimate of drug-likeness (QED) is 0.707. The number of para-hydroxylation sites is 1. The number of hydrogen-bond donors (Lipinski definition) is 2. The van der Waals surface area contributed by atoms with E-state index in [4.69, 9.17) is 0 Å². The Kier molecular flexibility index (Phi) is 5.61. The van der Waals surface area contributed by atoms with E-state index in [0.717, 1.165) is 23.2 Å². The molecule has 0 spiro atoms. The smallest absolute Gasteiger partial charge is 0.257 e. The van der Waals surface area contributed by atoms with E-state index in [0.29, 0.717) is 16.8 Å². The van der Waals surface area contributed by atoms with Gasteiger partial charge >= 0.3 is 0 Å². The van der Waals surface area contributed by atoms with Crippen LogP contribution in [0, 0.1) is 6.92 Å². The first-order valence-electron chi connectivity index (χ1n) is 8.79. The summed E-state index contributed by atoms with van der Waals surface area (Å²) >= 11 is 0. The molecule has 0 aliphatic carbocycles. The number of pyridine rings is 1. The molecule has 5 heteroatoms. The lowest BCUT2D eigenvalue weighted by Crippen LogP contribution is -2.19. The third kappa shape index (κ3) is 4.39. The normalized spacial score (nSPS) is 10.3. The van der Waals surface area contributed by atoms with Crippen LogP contribution in [0.4, 0.5) is 11.4 Å². The monoisotopic (exact) mass is 359 g/mol. The van der Waals surface area contributed by atoms with Gasteiger partial charge in [0.05, 0.1) is 11.3 Å². The van der Waals surface area contributed by atoms with Crippen LogP contribution >= 0.6 is 0 Å². The summed E-state index contributed by atoms with van der Waals surface area (Å²) < 4.78 is 0. The van der Waals surface area contributed by atoms with Crippen molar-refractivity contribution in [3.8, 4) is 0 Å². The molecule has 1 heterocycles. The molecule has 3 rings (SSSR count). The Hall–Kier alpha value is -3.47. The second-order valence-corrected chi connectivity index (χ2v) is 6.20. The molecule has 0 aliphatic rings. The van der Waals surface area contributed by atoms with E-state index < -0.39 is 0 Å². The van der Waals surface area contributed by atoms with E-state index in [9.17, 15) is 9.59 Å². The van der Waals surface area contributed by atoms with Gasteiger partial charge in [-0.2, -0.15) is 0 Å². The van der Waals surface area contributed by atoms with Crippen LogP contribution < -0.4 is 10.6 Å². The zero-order chi connectivity index (χ0) is 19.2. The van der Waals surface area contributed by atoms with Gasteiger partial charge < -0.3 is 10.6 Å². The largest absolute Gasteiger partial charge is 0.322 e. The maximum Gasteiger partial charge on any atom is 0.257 e. The standard InChI is InChI=1S/C22H21N3O2/c1-3-16-7-5-8-18(14-16)24-22(27)19-9-4-6-15(2)20(19)25-21(26)17-10-12-23-13-11-17/h4-14H,3H2,1-2H3,(H,24,27)(H,25,26). The molecule has 0 unspecified atom stereocenters. The summed E-state index contributed by atoms with van der Waals surface area (Å²) in [6.07, 6.45) is 4.00. The first kappa shape index (κ1) is 18.3. The summed E-state index contributed by atoms with van der Waals surface area (Å²) in [6, 6.07) is 16.3. The summed E-state index contributed by atoms with van der Waals surface area (Å²) in [7, 11) is 0. The SMILES string of the molecule is CCc1cccc(NC(=O)c2cccc(C)c2NC(=O)c2ccncc2)c1. The fraction of sp³-hybridized carbons (Fsp3) is 0.136. The van der Waals surface area contributed by atoms with Crippen molar-refractivity contribution in [2.75, 3.05) is 10.6 Å². The molecule has 2 amide bonds. The van der Waals surface area contributed by atoms with Gasteiger partial charge in [0.15, 0.2) is 0 Å². The van der Waals surface area contributed by atoms with Gasteiger partial charge in [0.25, 0.3) is 11.8 Å². The van der Waals surface area contributed by atoms with Gasteiger partial charge in [-0.15, -0.1) is 0 Å². The highest BCUT2D eigenvalue weighted by molar-refractivity contribution is 6.13. The number of nitrogens with one attached hydrogen (secondary N) is 2. The van der Waals surface area contributed by atoms with Gasteiger partial charge in [0.1, 0.15) is 0 Å². The Morgan fingerprint density at radius 3 is 2.41 bits per heavy atom. The molecule has 3 aromatic rings.